The fourth-order valence-corrected chi connectivity index (χ4v) is 6.63. The molecule has 0 fully saturated rings. The van der Waals surface area contributed by atoms with Gasteiger partial charge in [0, 0.05) is 21.7 Å². The van der Waals surface area contributed by atoms with Crippen LogP contribution in [0.15, 0.2) is 54.6 Å². The molecule has 5 rings (SSSR count). The molecule has 190 valence electrons. The van der Waals surface area contributed by atoms with E-state index in [1.54, 1.807) is 29.2 Å². The normalized spacial score (nSPS) is 12.8. The van der Waals surface area contributed by atoms with Crippen LogP contribution >= 0.6 is 22.7 Å². The highest BCUT2D eigenvalue weighted by Crippen LogP contribution is 2.38. The minimum absolute atomic E-state index is 0.0658. The van der Waals surface area contributed by atoms with Crippen molar-refractivity contribution in [3.63, 3.8) is 0 Å². The molecule has 9 heteroatoms. The highest BCUT2D eigenvalue weighted by Gasteiger charge is 2.31. The van der Waals surface area contributed by atoms with Crippen molar-refractivity contribution < 1.29 is 24.2 Å². The number of benzene rings is 2. The lowest BCUT2D eigenvalue weighted by Gasteiger charge is -2.26. The third-order valence-corrected chi connectivity index (χ3v) is 8.54. The van der Waals surface area contributed by atoms with Crippen LogP contribution in [-0.4, -0.2) is 40.9 Å². The first kappa shape index (κ1) is 25.0. The summed E-state index contributed by atoms with van der Waals surface area (Å²) in [5.41, 5.74) is 1.21. The van der Waals surface area contributed by atoms with E-state index >= 15 is 0 Å². The SMILES string of the molecule is CCCCOc1ccc(C(=O)Nc2sc3c(c2C(=O)O)CCN(C(=O)c2cc4ccccc4s2)C3)cc1. The van der Waals surface area contributed by atoms with Crippen molar-refractivity contribution in [2.75, 3.05) is 18.5 Å². The molecule has 0 radical (unpaired) electrons. The Labute approximate surface area is 222 Å². The van der Waals surface area contributed by atoms with Crippen molar-refractivity contribution in [2.24, 2.45) is 0 Å². The predicted octanol–water partition coefficient (Wildman–Crippen LogP) is 6.29. The van der Waals surface area contributed by atoms with E-state index in [9.17, 15) is 19.5 Å². The topological polar surface area (TPSA) is 95.9 Å². The van der Waals surface area contributed by atoms with Gasteiger partial charge in [-0.05, 0) is 60.2 Å². The molecule has 0 atom stereocenters. The average Bonchev–Trinajstić information content (AvgIpc) is 3.49. The molecule has 7 nitrogen and oxygen atoms in total. The van der Waals surface area contributed by atoms with Gasteiger partial charge in [0.15, 0.2) is 0 Å². The third kappa shape index (κ3) is 5.23. The Kier molecular flexibility index (Phi) is 7.25. The Morgan fingerprint density at radius 1 is 1.08 bits per heavy atom. The van der Waals surface area contributed by atoms with Gasteiger partial charge in [0.25, 0.3) is 11.8 Å². The van der Waals surface area contributed by atoms with Crippen molar-refractivity contribution in [1.82, 2.24) is 4.90 Å². The van der Waals surface area contributed by atoms with E-state index in [4.69, 9.17) is 4.74 Å². The lowest BCUT2D eigenvalue weighted by Crippen LogP contribution is -2.35. The van der Waals surface area contributed by atoms with E-state index in [-0.39, 0.29) is 17.4 Å². The number of unbranched alkanes of at least 4 members (excludes halogenated alkanes) is 1. The van der Waals surface area contributed by atoms with Gasteiger partial charge in [-0.1, -0.05) is 31.5 Å². The van der Waals surface area contributed by atoms with Gasteiger partial charge >= 0.3 is 5.97 Å². The van der Waals surface area contributed by atoms with Crippen LogP contribution in [0.25, 0.3) is 10.1 Å². The van der Waals surface area contributed by atoms with Crippen LogP contribution in [0.2, 0.25) is 0 Å². The predicted molar refractivity (Wildman–Crippen MR) is 146 cm³/mol. The maximum atomic E-state index is 13.2. The number of rotatable bonds is 8. The Morgan fingerprint density at radius 2 is 1.86 bits per heavy atom. The van der Waals surface area contributed by atoms with Gasteiger partial charge in [0.1, 0.15) is 10.8 Å². The number of carbonyl (C=O) groups is 3. The van der Waals surface area contributed by atoms with Gasteiger partial charge in [-0.2, -0.15) is 0 Å². The number of hydrogen-bond donors (Lipinski definition) is 2. The molecule has 2 amide bonds. The summed E-state index contributed by atoms with van der Waals surface area (Å²) >= 11 is 2.68. The van der Waals surface area contributed by atoms with Crippen LogP contribution in [0.5, 0.6) is 5.75 Å². The summed E-state index contributed by atoms with van der Waals surface area (Å²) in [6.45, 7) is 3.44. The highest BCUT2D eigenvalue weighted by atomic mass is 32.1. The first-order valence-corrected chi connectivity index (χ1v) is 13.8. The van der Waals surface area contributed by atoms with E-state index in [0.717, 1.165) is 27.8 Å². The number of nitrogens with one attached hydrogen (secondary N) is 1. The second-order valence-corrected chi connectivity index (χ2v) is 11.0. The molecule has 37 heavy (non-hydrogen) atoms. The van der Waals surface area contributed by atoms with Gasteiger partial charge in [0.05, 0.1) is 23.6 Å². The number of hydrogen-bond acceptors (Lipinski definition) is 6. The van der Waals surface area contributed by atoms with Crippen molar-refractivity contribution in [3.8, 4) is 5.75 Å². The molecule has 2 N–H and O–H groups in total. The molecule has 0 aliphatic carbocycles. The van der Waals surface area contributed by atoms with Gasteiger partial charge in [-0.25, -0.2) is 4.79 Å². The lowest BCUT2D eigenvalue weighted by atomic mass is 10.0. The Balaban J connectivity index is 1.32. The molecular weight excluding hydrogens is 508 g/mol. The quantitative estimate of drug-likeness (QED) is 0.259. The first-order valence-electron chi connectivity index (χ1n) is 12.1. The van der Waals surface area contributed by atoms with Crippen LogP contribution in [0, 0.1) is 0 Å². The third-order valence-electron chi connectivity index (χ3n) is 6.30. The van der Waals surface area contributed by atoms with Gasteiger partial charge in [-0.15, -0.1) is 22.7 Å². The molecule has 0 unspecified atom stereocenters. The summed E-state index contributed by atoms with van der Waals surface area (Å²) in [6, 6.07) is 16.6. The molecule has 0 saturated heterocycles. The van der Waals surface area contributed by atoms with E-state index < -0.39 is 5.97 Å². The number of carboxylic acid groups (broad SMARTS) is 1. The van der Waals surface area contributed by atoms with Crippen molar-refractivity contribution in [2.45, 2.75) is 32.7 Å². The largest absolute Gasteiger partial charge is 0.494 e. The second-order valence-electron chi connectivity index (χ2n) is 8.82. The molecular formula is C28H26N2O5S2. The molecule has 2 aromatic heterocycles. The monoisotopic (exact) mass is 534 g/mol. The van der Waals surface area contributed by atoms with Crippen LogP contribution < -0.4 is 10.1 Å². The minimum atomic E-state index is -1.09. The van der Waals surface area contributed by atoms with Crippen LogP contribution in [0.4, 0.5) is 5.00 Å². The van der Waals surface area contributed by atoms with E-state index in [1.165, 1.54) is 22.7 Å². The van der Waals surface area contributed by atoms with Gasteiger partial charge in [0.2, 0.25) is 0 Å². The summed E-state index contributed by atoms with van der Waals surface area (Å²) in [5.74, 6) is -0.855. The summed E-state index contributed by atoms with van der Waals surface area (Å²) in [7, 11) is 0. The van der Waals surface area contributed by atoms with E-state index in [1.807, 2.05) is 30.3 Å². The molecule has 0 spiro atoms. The number of anilines is 1. The standard InChI is InChI=1S/C28H26N2O5S2/c1-2-3-14-35-19-10-8-17(9-11-19)25(31)29-26-24(28(33)34)20-12-13-30(16-23(20)37-26)27(32)22-15-18-6-4-5-7-21(18)36-22/h4-11,15H,2-3,12-14,16H2,1H3,(H,29,31)(H,33,34). The molecule has 1 aliphatic heterocycles. The van der Waals surface area contributed by atoms with Crippen LogP contribution in [0.3, 0.4) is 0 Å². The van der Waals surface area contributed by atoms with E-state index in [0.29, 0.717) is 52.9 Å². The number of aromatic carboxylic acids is 1. The van der Waals surface area contributed by atoms with Crippen LogP contribution in [-0.2, 0) is 13.0 Å². The maximum Gasteiger partial charge on any atom is 0.339 e. The minimum Gasteiger partial charge on any atom is -0.494 e. The molecule has 1 aliphatic rings. The maximum absolute atomic E-state index is 13.2. The number of nitrogens with zero attached hydrogens (tertiary/aromatic N) is 1. The fourth-order valence-electron chi connectivity index (χ4n) is 4.35. The lowest BCUT2D eigenvalue weighted by molar-refractivity contribution is 0.0696. The summed E-state index contributed by atoms with van der Waals surface area (Å²) in [5, 5.41) is 14.0. The molecule has 4 aromatic rings. The van der Waals surface area contributed by atoms with Gasteiger partial charge < -0.3 is 20.1 Å². The zero-order valence-corrected chi connectivity index (χ0v) is 21.9. The number of carboxylic acids is 1. The number of fused-ring (bicyclic) bond motifs is 2. The number of ether oxygens (including phenoxy) is 1. The molecule has 0 bridgehead atoms. The highest BCUT2D eigenvalue weighted by molar-refractivity contribution is 7.20. The summed E-state index contributed by atoms with van der Waals surface area (Å²) in [6.07, 6.45) is 2.41. The second kappa shape index (κ2) is 10.7. The molecule has 2 aromatic carbocycles. The van der Waals surface area contributed by atoms with Crippen molar-refractivity contribution in [3.05, 3.63) is 81.0 Å². The number of carbonyl (C=O) groups excluding carboxylic acids is 2. The van der Waals surface area contributed by atoms with E-state index in [2.05, 4.69) is 12.2 Å². The van der Waals surface area contributed by atoms with Crippen LogP contribution in [0.1, 0.15) is 60.6 Å². The zero-order valence-electron chi connectivity index (χ0n) is 20.3. The van der Waals surface area contributed by atoms with Crippen molar-refractivity contribution in [1.29, 1.82) is 0 Å². The summed E-state index contributed by atoms with van der Waals surface area (Å²) in [4.78, 5) is 41.5. The molecule has 0 saturated carbocycles. The smallest absolute Gasteiger partial charge is 0.339 e. The van der Waals surface area contributed by atoms with Crippen molar-refractivity contribution >= 4 is 55.5 Å². The number of thiophene rings is 2. The summed E-state index contributed by atoms with van der Waals surface area (Å²) < 4.78 is 6.70. The number of amides is 2. The van der Waals surface area contributed by atoms with Gasteiger partial charge in [-0.3, -0.25) is 9.59 Å². The molecule has 3 heterocycles. The average molecular weight is 535 g/mol. The Morgan fingerprint density at radius 3 is 2.59 bits per heavy atom. The first-order chi connectivity index (χ1) is 17.9. The zero-order chi connectivity index (χ0) is 25.9. The Bertz CT molecular complexity index is 1440. The fraction of sp³-hybridized carbons (Fsp3) is 0.250. The Hall–Kier alpha value is -3.69.